The Balaban J connectivity index is 1.61. The Morgan fingerprint density at radius 3 is 2.53 bits per heavy atom. The molecule has 0 aromatic carbocycles. The van der Waals surface area contributed by atoms with E-state index in [1.54, 1.807) is 0 Å². The highest BCUT2D eigenvalue weighted by atomic mass is 15.2. The van der Waals surface area contributed by atoms with Gasteiger partial charge in [0.2, 0.25) is 0 Å². The number of hydrogen-bond acceptors (Lipinski definition) is 3. The molecule has 0 aliphatic carbocycles. The van der Waals surface area contributed by atoms with E-state index < -0.39 is 0 Å². The maximum absolute atomic E-state index is 5.36. The van der Waals surface area contributed by atoms with Crippen LogP contribution in [0.4, 0.5) is 0 Å². The predicted molar refractivity (Wildman–Crippen MR) is 81.1 cm³/mol. The van der Waals surface area contributed by atoms with E-state index in [0.29, 0.717) is 12.1 Å². The SMILES string of the molecule is C#CCN1CCC(NCC2CCN(C(C)C)C2)CC1. The Labute approximate surface area is 118 Å². The normalized spacial score (nSPS) is 26.9. The standard InChI is InChI=1S/C16H29N3/c1-4-8-18-9-6-16(7-10-18)17-12-15-5-11-19(13-15)14(2)3/h1,14-17H,5-13H2,2-3H3. The molecule has 2 heterocycles. The van der Waals surface area contributed by atoms with Crippen molar-refractivity contribution in [2.45, 2.75) is 45.2 Å². The second-order valence-corrected chi connectivity index (χ2v) is 6.41. The molecule has 0 bridgehead atoms. The summed E-state index contributed by atoms with van der Waals surface area (Å²) in [7, 11) is 0. The number of nitrogens with zero attached hydrogens (tertiary/aromatic N) is 2. The van der Waals surface area contributed by atoms with Gasteiger partial charge in [0.1, 0.15) is 0 Å². The van der Waals surface area contributed by atoms with E-state index in [2.05, 4.69) is 34.9 Å². The minimum absolute atomic E-state index is 0.706. The molecule has 2 rings (SSSR count). The van der Waals surface area contributed by atoms with Crippen LogP contribution in [-0.4, -0.2) is 61.2 Å². The van der Waals surface area contributed by atoms with Gasteiger partial charge in [-0.25, -0.2) is 0 Å². The summed E-state index contributed by atoms with van der Waals surface area (Å²) >= 11 is 0. The molecule has 0 aromatic heterocycles. The van der Waals surface area contributed by atoms with E-state index in [9.17, 15) is 0 Å². The highest BCUT2D eigenvalue weighted by Gasteiger charge is 2.25. The average Bonchev–Trinajstić information content (AvgIpc) is 2.87. The van der Waals surface area contributed by atoms with Crippen LogP contribution in [0.5, 0.6) is 0 Å². The van der Waals surface area contributed by atoms with Crippen LogP contribution in [0.15, 0.2) is 0 Å². The lowest BCUT2D eigenvalue weighted by Gasteiger charge is -2.31. The molecule has 3 heteroatoms. The van der Waals surface area contributed by atoms with Gasteiger partial charge in [-0.15, -0.1) is 6.42 Å². The van der Waals surface area contributed by atoms with E-state index in [-0.39, 0.29) is 0 Å². The lowest BCUT2D eigenvalue weighted by molar-refractivity contribution is 0.212. The van der Waals surface area contributed by atoms with Crippen LogP contribution in [0, 0.1) is 18.3 Å². The molecule has 0 amide bonds. The highest BCUT2D eigenvalue weighted by molar-refractivity contribution is 4.90. The number of piperidine rings is 1. The molecule has 19 heavy (non-hydrogen) atoms. The molecule has 2 saturated heterocycles. The number of likely N-dealkylation sites (tertiary alicyclic amines) is 2. The van der Waals surface area contributed by atoms with Crippen LogP contribution in [0.3, 0.4) is 0 Å². The summed E-state index contributed by atoms with van der Waals surface area (Å²) in [6.07, 6.45) is 9.23. The summed E-state index contributed by atoms with van der Waals surface area (Å²) in [4.78, 5) is 4.98. The van der Waals surface area contributed by atoms with Crippen molar-refractivity contribution in [3.63, 3.8) is 0 Å². The van der Waals surface area contributed by atoms with E-state index in [0.717, 1.165) is 25.6 Å². The molecule has 0 aromatic rings. The van der Waals surface area contributed by atoms with Crippen molar-refractivity contribution in [1.29, 1.82) is 0 Å². The smallest absolute Gasteiger partial charge is 0.0598 e. The second kappa shape index (κ2) is 7.28. The largest absolute Gasteiger partial charge is 0.314 e. The number of hydrogen-bond donors (Lipinski definition) is 1. The first kappa shape index (κ1) is 14.8. The van der Waals surface area contributed by atoms with Gasteiger partial charge >= 0.3 is 0 Å². The first-order valence-electron chi connectivity index (χ1n) is 7.82. The van der Waals surface area contributed by atoms with Gasteiger partial charge in [-0.1, -0.05) is 5.92 Å². The number of nitrogens with one attached hydrogen (secondary N) is 1. The average molecular weight is 263 g/mol. The number of rotatable bonds is 5. The van der Waals surface area contributed by atoms with Crippen molar-refractivity contribution in [3.05, 3.63) is 0 Å². The fourth-order valence-corrected chi connectivity index (χ4v) is 3.26. The summed E-state index contributed by atoms with van der Waals surface area (Å²) < 4.78 is 0. The van der Waals surface area contributed by atoms with Gasteiger partial charge in [0.25, 0.3) is 0 Å². The second-order valence-electron chi connectivity index (χ2n) is 6.41. The van der Waals surface area contributed by atoms with Crippen molar-refractivity contribution in [2.75, 3.05) is 39.3 Å². The summed E-state index contributed by atoms with van der Waals surface area (Å²) in [6.45, 7) is 11.5. The highest BCUT2D eigenvalue weighted by Crippen LogP contribution is 2.18. The Hall–Kier alpha value is -0.560. The van der Waals surface area contributed by atoms with Crippen LogP contribution < -0.4 is 5.32 Å². The minimum Gasteiger partial charge on any atom is -0.314 e. The zero-order valence-electron chi connectivity index (χ0n) is 12.6. The van der Waals surface area contributed by atoms with Crippen molar-refractivity contribution in [2.24, 2.45) is 5.92 Å². The summed E-state index contributed by atoms with van der Waals surface area (Å²) in [5.74, 6) is 3.60. The van der Waals surface area contributed by atoms with Crippen molar-refractivity contribution in [3.8, 4) is 12.3 Å². The van der Waals surface area contributed by atoms with E-state index in [1.807, 2.05) is 0 Å². The quantitative estimate of drug-likeness (QED) is 0.757. The molecule has 0 saturated carbocycles. The van der Waals surface area contributed by atoms with Gasteiger partial charge in [0.15, 0.2) is 0 Å². The van der Waals surface area contributed by atoms with Crippen LogP contribution in [0.2, 0.25) is 0 Å². The third-order valence-electron chi connectivity index (χ3n) is 4.65. The molecule has 2 aliphatic rings. The molecule has 1 unspecified atom stereocenters. The molecular formula is C16H29N3. The third-order valence-corrected chi connectivity index (χ3v) is 4.65. The van der Waals surface area contributed by atoms with Gasteiger partial charge in [-0.2, -0.15) is 0 Å². The molecule has 1 N–H and O–H groups in total. The zero-order chi connectivity index (χ0) is 13.7. The molecule has 2 fully saturated rings. The Kier molecular flexibility index (Phi) is 5.69. The van der Waals surface area contributed by atoms with Crippen LogP contribution in [0.1, 0.15) is 33.1 Å². The molecule has 0 spiro atoms. The van der Waals surface area contributed by atoms with Gasteiger partial charge in [0.05, 0.1) is 6.54 Å². The maximum Gasteiger partial charge on any atom is 0.0598 e. The van der Waals surface area contributed by atoms with Gasteiger partial charge in [-0.05, 0) is 52.1 Å². The van der Waals surface area contributed by atoms with E-state index >= 15 is 0 Å². The van der Waals surface area contributed by atoms with Crippen LogP contribution >= 0.6 is 0 Å². The lowest BCUT2D eigenvalue weighted by atomic mass is 10.0. The summed E-state index contributed by atoms with van der Waals surface area (Å²) in [6, 6.07) is 1.42. The van der Waals surface area contributed by atoms with Gasteiger partial charge in [-0.3, -0.25) is 4.90 Å². The Morgan fingerprint density at radius 2 is 1.95 bits per heavy atom. The Bertz CT molecular complexity index is 300. The molecule has 3 nitrogen and oxygen atoms in total. The van der Waals surface area contributed by atoms with E-state index in [1.165, 1.54) is 38.9 Å². The van der Waals surface area contributed by atoms with Gasteiger partial charge < -0.3 is 10.2 Å². The molecule has 2 aliphatic heterocycles. The van der Waals surface area contributed by atoms with Crippen molar-refractivity contribution in [1.82, 2.24) is 15.1 Å². The Morgan fingerprint density at radius 1 is 1.21 bits per heavy atom. The predicted octanol–water partition coefficient (Wildman–Crippen LogP) is 1.40. The van der Waals surface area contributed by atoms with Crippen molar-refractivity contribution < 1.29 is 0 Å². The first-order chi connectivity index (χ1) is 9.19. The first-order valence-corrected chi connectivity index (χ1v) is 7.82. The minimum atomic E-state index is 0.706. The number of terminal acetylenes is 1. The fraction of sp³-hybridized carbons (Fsp3) is 0.875. The van der Waals surface area contributed by atoms with Crippen LogP contribution in [-0.2, 0) is 0 Å². The third kappa shape index (κ3) is 4.49. The molecule has 108 valence electrons. The zero-order valence-corrected chi connectivity index (χ0v) is 12.6. The maximum atomic E-state index is 5.36. The van der Waals surface area contributed by atoms with E-state index in [4.69, 9.17) is 6.42 Å². The summed E-state index contributed by atoms with van der Waals surface area (Å²) in [5, 5.41) is 3.78. The molecule has 1 atom stereocenters. The topological polar surface area (TPSA) is 18.5 Å². The monoisotopic (exact) mass is 263 g/mol. The fourth-order valence-electron chi connectivity index (χ4n) is 3.26. The summed E-state index contributed by atoms with van der Waals surface area (Å²) in [5.41, 5.74) is 0. The van der Waals surface area contributed by atoms with Crippen LogP contribution in [0.25, 0.3) is 0 Å². The van der Waals surface area contributed by atoms with Gasteiger partial charge in [0, 0.05) is 31.7 Å². The molecule has 0 radical (unpaired) electrons. The lowest BCUT2D eigenvalue weighted by Crippen LogP contribution is -2.44. The molecular weight excluding hydrogens is 234 g/mol. The van der Waals surface area contributed by atoms with Crippen molar-refractivity contribution >= 4 is 0 Å².